The van der Waals surface area contributed by atoms with Crippen molar-refractivity contribution in [3.8, 4) is 33.8 Å². The summed E-state index contributed by atoms with van der Waals surface area (Å²) in [4.78, 5) is 19.6. The van der Waals surface area contributed by atoms with E-state index in [1.165, 1.54) is 48.3 Å². The molecule has 0 bridgehead atoms. The van der Waals surface area contributed by atoms with Crippen LogP contribution in [0.25, 0.3) is 33.8 Å². The highest BCUT2D eigenvalue weighted by Crippen LogP contribution is 2.33. The predicted molar refractivity (Wildman–Crippen MR) is 105 cm³/mol. The first-order valence-corrected chi connectivity index (χ1v) is 9.10. The number of furan rings is 1. The van der Waals surface area contributed by atoms with Gasteiger partial charge in [-0.1, -0.05) is 24.3 Å². The molecule has 4 rings (SSSR count). The largest absolute Gasteiger partial charge is 0.472 e. The number of amides is 1. The SMILES string of the molecule is O=C(NO)c1cc(-c2cccc(-c3nc(-c4ccoc4)cc(C(F)(F)F)n3)c2)ccc1F. The van der Waals surface area contributed by atoms with Crippen LogP contribution in [0.3, 0.4) is 0 Å². The van der Waals surface area contributed by atoms with E-state index in [1.54, 1.807) is 12.1 Å². The van der Waals surface area contributed by atoms with Crippen molar-refractivity contribution in [3.05, 3.63) is 84.2 Å². The van der Waals surface area contributed by atoms with Gasteiger partial charge in [-0.05, 0) is 41.5 Å². The van der Waals surface area contributed by atoms with Crippen molar-refractivity contribution in [2.45, 2.75) is 6.18 Å². The fraction of sp³-hybridized carbons (Fsp3) is 0.0455. The summed E-state index contributed by atoms with van der Waals surface area (Å²) in [7, 11) is 0. The van der Waals surface area contributed by atoms with Crippen molar-refractivity contribution in [1.82, 2.24) is 15.4 Å². The normalized spacial score (nSPS) is 11.4. The molecule has 2 aromatic heterocycles. The van der Waals surface area contributed by atoms with E-state index < -0.39 is 29.2 Å². The molecule has 0 fully saturated rings. The molecular weight excluding hydrogens is 430 g/mol. The van der Waals surface area contributed by atoms with Gasteiger partial charge < -0.3 is 4.42 Å². The maximum atomic E-state index is 13.9. The van der Waals surface area contributed by atoms with E-state index in [2.05, 4.69) is 9.97 Å². The summed E-state index contributed by atoms with van der Waals surface area (Å²) in [5, 5.41) is 8.78. The van der Waals surface area contributed by atoms with Crippen LogP contribution in [0.2, 0.25) is 0 Å². The highest BCUT2D eigenvalue weighted by molar-refractivity contribution is 5.95. The molecule has 0 spiro atoms. The lowest BCUT2D eigenvalue weighted by Crippen LogP contribution is -2.20. The van der Waals surface area contributed by atoms with Gasteiger partial charge in [0.15, 0.2) is 5.82 Å². The number of carbonyl (C=O) groups is 1. The molecule has 0 saturated heterocycles. The van der Waals surface area contributed by atoms with Gasteiger partial charge in [0.25, 0.3) is 5.91 Å². The van der Waals surface area contributed by atoms with Crippen LogP contribution >= 0.6 is 0 Å². The number of hydrogen-bond acceptors (Lipinski definition) is 5. The van der Waals surface area contributed by atoms with Crippen molar-refractivity contribution in [2.75, 3.05) is 0 Å². The molecule has 4 aromatic rings. The lowest BCUT2D eigenvalue weighted by Gasteiger charge is -2.11. The second kappa shape index (κ2) is 8.23. The van der Waals surface area contributed by atoms with Crippen molar-refractivity contribution in [2.24, 2.45) is 0 Å². The molecule has 2 N–H and O–H groups in total. The minimum absolute atomic E-state index is 0.0326. The Labute approximate surface area is 178 Å². The number of nitrogens with zero attached hydrogens (tertiary/aromatic N) is 2. The molecule has 0 aliphatic heterocycles. The van der Waals surface area contributed by atoms with Gasteiger partial charge in [0, 0.05) is 11.1 Å². The number of halogens is 4. The van der Waals surface area contributed by atoms with Crippen molar-refractivity contribution in [3.63, 3.8) is 0 Å². The summed E-state index contributed by atoms with van der Waals surface area (Å²) in [6.45, 7) is 0. The number of rotatable bonds is 4. The third-order valence-electron chi connectivity index (χ3n) is 4.60. The van der Waals surface area contributed by atoms with E-state index >= 15 is 0 Å². The van der Waals surface area contributed by atoms with E-state index in [-0.39, 0.29) is 17.1 Å². The number of hydrogen-bond donors (Lipinski definition) is 2. The summed E-state index contributed by atoms with van der Waals surface area (Å²) in [6, 6.07) is 12.2. The molecule has 1 amide bonds. The molecule has 162 valence electrons. The third kappa shape index (κ3) is 4.21. The molecule has 2 aromatic carbocycles. The van der Waals surface area contributed by atoms with Gasteiger partial charge in [0.05, 0.1) is 23.8 Å². The average molecular weight is 443 g/mol. The Kier molecular flexibility index (Phi) is 5.45. The molecule has 0 atom stereocenters. The van der Waals surface area contributed by atoms with Crippen LogP contribution in [-0.4, -0.2) is 21.1 Å². The van der Waals surface area contributed by atoms with Crippen LogP contribution in [0.5, 0.6) is 0 Å². The Morgan fingerprint density at radius 1 is 0.938 bits per heavy atom. The summed E-state index contributed by atoms with van der Waals surface area (Å²) >= 11 is 0. The van der Waals surface area contributed by atoms with Gasteiger partial charge in [-0.2, -0.15) is 13.2 Å². The van der Waals surface area contributed by atoms with E-state index in [4.69, 9.17) is 9.62 Å². The monoisotopic (exact) mass is 443 g/mol. The molecule has 32 heavy (non-hydrogen) atoms. The summed E-state index contributed by atoms with van der Waals surface area (Å²) in [5.41, 5.74) is 1.38. The van der Waals surface area contributed by atoms with Crippen LogP contribution in [0.1, 0.15) is 16.1 Å². The molecule has 6 nitrogen and oxygen atoms in total. The number of alkyl halides is 3. The van der Waals surface area contributed by atoms with Crippen LogP contribution in [0.4, 0.5) is 17.6 Å². The molecule has 0 aliphatic rings. The maximum absolute atomic E-state index is 13.9. The van der Waals surface area contributed by atoms with E-state index in [0.29, 0.717) is 16.7 Å². The molecule has 0 radical (unpaired) electrons. The van der Waals surface area contributed by atoms with Gasteiger partial charge in [-0.15, -0.1) is 0 Å². The Morgan fingerprint density at radius 3 is 2.38 bits per heavy atom. The van der Waals surface area contributed by atoms with E-state index in [9.17, 15) is 22.4 Å². The maximum Gasteiger partial charge on any atom is 0.433 e. The molecule has 2 heterocycles. The first-order valence-electron chi connectivity index (χ1n) is 9.10. The standard InChI is InChI=1S/C22H13F4N3O3/c23-17-5-4-13(9-16(17)21(30)29-31)12-2-1-3-14(8-12)20-27-18(15-6-7-32-11-15)10-19(28-20)22(24,25)26/h1-11,31H,(H,29,30). The fourth-order valence-corrected chi connectivity index (χ4v) is 3.06. The second-order valence-corrected chi connectivity index (χ2v) is 6.69. The Morgan fingerprint density at radius 2 is 1.69 bits per heavy atom. The zero-order valence-corrected chi connectivity index (χ0v) is 16.0. The summed E-state index contributed by atoms with van der Waals surface area (Å²) in [5.74, 6) is -2.05. The number of aromatic nitrogens is 2. The zero-order chi connectivity index (χ0) is 22.9. The Bertz CT molecular complexity index is 1290. The lowest BCUT2D eigenvalue weighted by atomic mass is 10.00. The van der Waals surface area contributed by atoms with Crippen molar-refractivity contribution < 1.29 is 32.0 Å². The van der Waals surface area contributed by atoms with Crippen LogP contribution in [0.15, 0.2) is 71.5 Å². The molecule has 0 unspecified atom stereocenters. The van der Waals surface area contributed by atoms with Crippen molar-refractivity contribution >= 4 is 5.91 Å². The lowest BCUT2D eigenvalue weighted by molar-refractivity contribution is -0.141. The quantitative estimate of drug-likeness (QED) is 0.252. The molecular formula is C22H13F4N3O3. The van der Waals surface area contributed by atoms with Gasteiger partial charge in [-0.25, -0.2) is 19.8 Å². The summed E-state index contributed by atoms with van der Waals surface area (Å²) in [6.07, 6.45) is -2.11. The topological polar surface area (TPSA) is 88.2 Å². The smallest absolute Gasteiger partial charge is 0.433 e. The van der Waals surface area contributed by atoms with E-state index in [0.717, 1.165) is 12.1 Å². The first-order chi connectivity index (χ1) is 15.3. The van der Waals surface area contributed by atoms with Gasteiger partial charge >= 0.3 is 6.18 Å². The zero-order valence-electron chi connectivity index (χ0n) is 16.0. The minimum Gasteiger partial charge on any atom is -0.472 e. The molecule has 10 heteroatoms. The minimum atomic E-state index is -4.70. The van der Waals surface area contributed by atoms with Crippen molar-refractivity contribution in [1.29, 1.82) is 0 Å². The molecule has 0 saturated carbocycles. The van der Waals surface area contributed by atoms with Gasteiger partial charge in [-0.3, -0.25) is 10.0 Å². The third-order valence-corrected chi connectivity index (χ3v) is 4.60. The molecule has 0 aliphatic carbocycles. The van der Waals surface area contributed by atoms with Gasteiger partial charge in [0.1, 0.15) is 11.5 Å². The highest BCUT2D eigenvalue weighted by atomic mass is 19.4. The highest BCUT2D eigenvalue weighted by Gasteiger charge is 2.34. The predicted octanol–water partition coefficient (Wildman–Crippen LogP) is 5.35. The van der Waals surface area contributed by atoms with Crippen LogP contribution < -0.4 is 5.48 Å². The number of carbonyl (C=O) groups excluding carboxylic acids is 1. The van der Waals surface area contributed by atoms with E-state index in [1.807, 2.05) is 0 Å². The van der Waals surface area contributed by atoms with Gasteiger partial charge in [0.2, 0.25) is 0 Å². The van der Waals surface area contributed by atoms with Crippen LogP contribution in [-0.2, 0) is 6.18 Å². The second-order valence-electron chi connectivity index (χ2n) is 6.69. The summed E-state index contributed by atoms with van der Waals surface area (Å²) < 4.78 is 59.1. The number of nitrogens with one attached hydrogen (secondary N) is 1. The average Bonchev–Trinajstić information content (AvgIpc) is 3.33. The Balaban J connectivity index is 1.82. The van der Waals surface area contributed by atoms with Crippen LogP contribution in [0, 0.1) is 5.82 Å². The fourth-order valence-electron chi connectivity index (χ4n) is 3.06. The number of benzene rings is 2. The number of hydroxylamine groups is 1. The first kappa shape index (κ1) is 21.2. The Hall–Kier alpha value is -4.05.